The van der Waals surface area contributed by atoms with Gasteiger partial charge < -0.3 is 14.8 Å². The van der Waals surface area contributed by atoms with Gasteiger partial charge in [0.1, 0.15) is 0 Å². The molecule has 6 nitrogen and oxygen atoms in total. The Kier molecular flexibility index (Phi) is 4.72. The maximum atomic E-state index is 12.4. The lowest BCUT2D eigenvalue weighted by Gasteiger charge is -2.09. The van der Waals surface area contributed by atoms with Gasteiger partial charge in [0.25, 0.3) is 5.91 Å². The van der Waals surface area contributed by atoms with Crippen molar-refractivity contribution in [3.05, 3.63) is 77.1 Å². The third-order valence-corrected chi connectivity index (χ3v) is 3.76. The van der Waals surface area contributed by atoms with Gasteiger partial charge in [0.05, 0.1) is 22.5 Å². The van der Waals surface area contributed by atoms with Crippen molar-refractivity contribution < 1.29 is 15.0 Å². The number of hydrogen-bond donors (Lipinski definition) is 3. The Hall–Kier alpha value is -3.25. The number of aromatic hydroxyl groups is 2. The Morgan fingerprint density at radius 2 is 1.84 bits per heavy atom. The molecule has 0 aliphatic rings. The lowest BCUT2D eigenvalue weighted by molar-refractivity contribution is 0.0955. The predicted octanol–water partition coefficient (Wildman–Crippen LogP) is 3.31. The quantitative estimate of drug-likeness (QED) is 0.381. The van der Waals surface area contributed by atoms with Crippen LogP contribution in [0.5, 0.6) is 11.5 Å². The van der Waals surface area contributed by atoms with Crippen LogP contribution in [-0.2, 0) is 0 Å². The third-order valence-electron chi connectivity index (χ3n) is 3.48. The zero-order chi connectivity index (χ0) is 17.8. The van der Waals surface area contributed by atoms with E-state index in [2.05, 4.69) is 10.5 Å². The summed E-state index contributed by atoms with van der Waals surface area (Å²) in [5.41, 5.74) is 4.05. The van der Waals surface area contributed by atoms with Crippen LogP contribution in [0.15, 0.2) is 66.0 Å². The Bertz CT molecular complexity index is 913. The lowest BCUT2D eigenvalue weighted by Crippen LogP contribution is -2.19. The third kappa shape index (κ3) is 3.64. The summed E-state index contributed by atoms with van der Waals surface area (Å²) in [6.07, 6.45) is 5.01. The van der Waals surface area contributed by atoms with Crippen LogP contribution >= 0.6 is 11.6 Å². The Morgan fingerprint density at radius 3 is 2.56 bits per heavy atom. The first-order valence-corrected chi connectivity index (χ1v) is 7.71. The molecule has 126 valence electrons. The van der Waals surface area contributed by atoms with E-state index in [1.54, 1.807) is 12.1 Å². The SMILES string of the molecule is O=C(N/N=C/c1cc(O)c(O)c(Cl)c1)c1ccccc1-n1cccc1. The first-order valence-electron chi connectivity index (χ1n) is 7.33. The maximum Gasteiger partial charge on any atom is 0.273 e. The van der Waals surface area contributed by atoms with Crippen LogP contribution in [0.2, 0.25) is 5.02 Å². The first kappa shape index (κ1) is 16.6. The minimum Gasteiger partial charge on any atom is -0.504 e. The van der Waals surface area contributed by atoms with E-state index in [0.29, 0.717) is 11.1 Å². The molecule has 0 radical (unpaired) electrons. The molecule has 0 unspecified atom stereocenters. The van der Waals surface area contributed by atoms with Crippen molar-refractivity contribution >= 4 is 23.7 Å². The molecule has 1 heterocycles. The smallest absolute Gasteiger partial charge is 0.273 e. The highest BCUT2D eigenvalue weighted by Gasteiger charge is 2.11. The predicted molar refractivity (Wildman–Crippen MR) is 95.6 cm³/mol. The van der Waals surface area contributed by atoms with Crippen LogP contribution in [0.3, 0.4) is 0 Å². The molecule has 25 heavy (non-hydrogen) atoms. The van der Waals surface area contributed by atoms with E-state index in [4.69, 9.17) is 11.6 Å². The van der Waals surface area contributed by atoms with Gasteiger partial charge in [0.2, 0.25) is 0 Å². The summed E-state index contributed by atoms with van der Waals surface area (Å²) in [6, 6.07) is 13.6. The van der Waals surface area contributed by atoms with Gasteiger partial charge in [-0.05, 0) is 42.0 Å². The minimum absolute atomic E-state index is 0.00858. The Morgan fingerprint density at radius 1 is 1.12 bits per heavy atom. The van der Waals surface area contributed by atoms with Crippen LogP contribution in [0.25, 0.3) is 5.69 Å². The van der Waals surface area contributed by atoms with E-state index in [-0.39, 0.29) is 16.7 Å². The molecule has 0 aliphatic carbocycles. The molecule has 0 atom stereocenters. The van der Waals surface area contributed by atoms with Gasteiger partial charge in [0, 0.05) is 12.4 Å². The van der Waals surface area contributed by atoms with E-state index < -0.39 is 5.75 Å². The summed E-state index contributed by atoms with van der Waals surface area (Å²) in [5.74, 6) is -1.14. The van der Waals surface area contributed by atoms with Crippen molar-refractivity contribution in [3.8, 4) is 17.2 Å². The van der Waals surface area contributed by atoms with E-state index >= 15 is 0 Å². The molecule has 0 saturated heterocycles. The number of para-hydroxylation sites is 1. The number of phenolic OH excluding ortho intramolecular Hbond substituents is 2. The number of benzene rings is 2. The number of hydrogen-bond acceptors (Lipinski definition) is 4. The van der Waals surface area contributed by atoms with E-state index in [9.17, 15) is 15.0 Å². The molecular weight excluding hydrogens is 342 g/mol. The van der Waals surface area contributed by atoms with Gasteiger partial charge in [-0.2, -0.15) is 5.10 Å². The molecule has 0 saturated carbocycles. The monoisotopic (exact) mass is 355 g/mol. The molecule has 2 aromatic carbocycles. The van der Waals surface area contributed by atoms with Crippen molar-refractivity contribution in [1.29, 1.82) is 0 Å². The number of nitrogens with zero attached hydrogens (tertiary/aromatic N) is 2. The largest absolute Gasteiger partial charge is 0.504 e. The average molecular weight is 356 g/mol. The molecule has 7 heteroatoms. The summed E-state index contributed by atoms with van der Waals surface area (Å²) >= 11 is 5.77. The van der Waals surface area contributed by atoms with Gasteiger partial charge in [0.15, 0.2) is 11.5 Å². The van der Waals surface area contributed by atoms with Crippen molar-refractivity contribution in [2.45, 2.75) is 0 Å². The topological polar surface area (TPSA) is 86.8 Å². The molecule has 3 rings (SSSR count). The Balaban J connectivity index is 1.78. The molecule has 0 spiro atoms. The van der Waals surface area contributed by atoms with Gasteiger partial charge >= 0.3 is 0 Å². The van der Waals surface area contributed by atoms with Gasteiger partial charge in [-0.1, -0.05) is 23.7 Å². The second kappa shape index (κ2) is 7.11. The van der Waals surface area contributed by atoms with E-state index in [1.807, 2.05) is 41.2 Å². The standard InChI is InChI=1S/C18H14ClN3O3/c19-14-9-12(10-16(23)17(14)24)11-20-21-18(25)13-5-1-2-6-15(13)22-7-3-4-8-22/h1-11,23-24H,(H,21,25)/b20-11+. The second-order valence-corrected chi connectivity index (χ2v) is 5.58. The average Bonchev–Trinajstić information content (AvgIpc) is 3.14. The van der Waals surface area contributed by atoms with Gasteiger partial charge in [-0.25, -0.2) is 5.43 Å². The Labute approximate surface area is 148 Å². The minimum atomic E-state index is -0.400. The zero-order valence-corrected chi connectivity index (χ0v) is 13.7. The van der Waals surface area contributed by atoms with Gasteiger partial charge in [-0.15, -0.1) is 0 Å². The molecule has 3 N–H and O–H groups in total. The number of halogens is 1. The van der Waals surface area contributed by atoms with E-state index in [1.165, 1.54) is 18.3 Å². The second-order valence-electron chi connectivity index (χ2n) is 5.18. The molecule has 1 amide bonds. The maximum absolute atomic E-state index is 12.4. The number of nitrogens with one attached hydrogen (secondary N) is 1. The van der Waals surface area contributed by atoms with Crippen LogP contribution in [0, 0.1) is 0 Å². The summed E-state index contributed by atoms with van der Waals surface area (Å²) in [4.78, 5) is 12.4. The highest BCUT2D eigenvalue weighted by Crippen LogP contribution is 2.33. The fraction of sp³-hybridized carbons (Fsp3) is 0. The summed E-state index contributed by atoms with van der Waals surface area (Å²) < 4.78 is 1.83. The van der Waals surface area contributed by atoms with Crippen molar-refractivity contribution in [1.82, 2.24) is 9.99 Å². The lowest BCUT2D eigenvalue weighted by atomic mass is 10.1. The summed E-state index contributed by atoms with van der Waals surface area (Å²) in [5, 5.41) is 22.8. The highest BCUT2D eigenvalue weighted by molar-refractivity contribution is 6.32. The van der Waals surface area contributed by atoms with Crippen LogP contribution in [0.4, 0.5) is 0 Å². The van der Waals surface area contributed by atoms with E-state index in [0.717, 1.165) is 5.69 Å². The first-order chi connectivity index (χ1) is 12.1. The summed E-state index contributed by atoms with van der Waals surface area (Å²) in [6.45, 7) is 0. The van der Waals surface area contributed by atoms with Gasteiger partial charge in [-0.3, -0.25) is 4.79 Å². The molecule has 0 fully saturated rings. The summed E-state index contributed by atoms with van der Waals surface area (Å²) in [7, 11) is 0. The number of aromatic nitrogens is 1. The number of carbonyl (C=O) groups excluding carboxylic acids is 1. The molecule has 1 aromatic heterocycles. The number of hydrazone groups is 1. The number of amides is 1. The highest BCUT2D eigenvalue weighted by atomic mass is 35.5. The van der Waals surface area contributed by atoms with Crippen molar-refractivity contribution in [3.63, 3.8) is 0 Å². The zero-order valence-electron chi connectivity index (χ0n) is 12.9. The van der Waals surface area contributed by atoms with Crippen LogP contribution in [-0.4, -0.2) is 26.9 Å². The normalized spacial score (nSPS) is 10.9. The number of rotatable bonds is 4. The molecule has 0 aliphatic heterocycles. The molecule has 0 bridgehead atoms. The van der Waals surface area contributed by atoms with Crippen molar-refractivity contribution in [2.75, 3.05) is 0 Å². The number of phenols is 2. The number of carbonyl (C=O) groups is 1. The molecule has 3 aromatic rings. The molecular formula is C18H14ClN3O3. The fourth-order valence-electron chi connectivity index (χ4n) is 2.29. The van der Waals surface area contributed by atoms with Crippen LogP contribution < -0.4 is 5.43 Å². The fourth-order valence-corrected chi connectivity index (χ4v) is 2.51. The van der Waals surface area contributed by atoms with Crippen LogP contribution in [0.1, 0.15) is 15.9 Å². The van der Waals surface area contributed by atoms with Crippen molar-refractivity contribution in [2.24, 2.45) is 5.10 Å².